The van der Waals surface area contributed by atoms with E-state index >= 15 is 0 Å². The Morgan fingerprint density at radius 3 is 2.77 bits per heavy atom. The van der Waals surface area contributed by atoms with Gasteiger partial charge in [-0.25, -0.2) is 0 Å². The Balaban J connectivity index is 2.02. The van der Waals surface area contributed by atoms with Gasteiger partial charge in [-0.3, -0.25) is 0 Å². The molecule has 0 radical (unpaired) electrons. The standard InChI is InChI=1S/C11H16ClN/c1-13-7-6-10(8-13)9-2-4-11(12)5-3-9/h2,4,10H,3,5-8H2,1H3/t10-/m1/s1. The maximum Gasteiger partial charge on any atom is 0.0184 e. The maximum absolute atomic E-state index is 5.92. The Morgan fingerprint density at radius 1 is 1.38 bits per heavy atom. The molecule has 0 N–H and O–H groups in total. The summed E-state index contributed by atoms with van der Waals surface area (Å²) in [5.74, 6) is 0.797. The molecule has 13 heavy (non-hydrogen) atoms. The molecule has 2 aliphatic rings. The van der Waals surface area contributed by atoms with Crippen LogP contribution in [-0.2, 0) is 0 Å². The summed E-state index contributed by atoms with van der Waals surface area (Å²) in [4.78, 5) is 2.41. The summed E-state index contributed by atoms with van der Waals surface area (Å²) in [5, 5.41) is 1.01. The molecule has 0 amide bonds. The van der Waals surface area contributed by atoms with Crippen molar-refractivity contribution < 1.29 is 0 Å². The van der Waals surface area contributed by atoms with E-state index in [-0.39, 0.29) is 0 Å². The molecule has 0 bridgehead atoms. The van der Waals surface area contributed by atoms with Gasteiger partial charge in [-0.2, -0.15) is 0 Å². The van der Waals surface area contributed by atoms with Gasteiger partial charge in [0.05, 0.1) is 0 Å². The molecule has 1 saturated heterocycles. The summed E-state index contributed by atoms with van der Waals surface area (Å²) in [6.07, 6.45) is 7.85. The fraction of sp³-hybridized carbons (Fsp3) is 0.636. The number of allylic oxidation sites excluding steroid dienone is 3. The zero-order chi connectivity index (χ0) is 9.26. The molecular weight excluding hydrogens is 182 g/mol. The molecule has 2 heteroatoms. The smallest absolute Gasteiger partial charge is 0.0184 e. The summed E-state index contributed by atoms with van der Waals surface area (Å²) < 4.78 is 0. The van der Waals surface area contributed by atoms with Crippen LogP contribution in [0.5, 0.6) is 0 Å². The van der Waals surface area contributed by atoms with E-state index < -0.39 is 0 Å². The lowest BCUT2D eigenvalue weighted by Gasteiger charge is -2.17. The lowest BCUT2D eigenvalue weighted by Crippen LogP contribution is -2.15. The molecule has 1 aliphatic carbocycles. The molecule has 1 fully saturated rings. The summed E-state index contributed by atoms with van der Waals surface area (Å²) in [6.45, 7) is 2.48. The predicted molar refractivity (Wildman–Crippen MR) is 56.9 cm³/mol. The van der Waals surface area contributed by atoms with E-state index in [1.807, 2.05) is 0 Å². The van der Waals surface area contributed by atoms with Crippen LogP contribution in [0.25, 0.3) is 0 Å². The normalized spacial score (nSPS) is 30.2. The van der Waals surface area contributed by atoms with Crippen LogP contribution in [0, 0.1) is 5.92 Å². The van der Waals surface area contributed by atoms with Crippen LogP contribution in [0.15, 0.2) is 22.8 Å². The van der Waals surface area contributed by atoms with Gasteiger partial charge in [0.2, 0.25) is 0 Å². The number of hydrogen-bond donors (Lipinski definition) is 0. The first-order valence-electron chi connectivity index (χ1n) is 4.99. The van der Waals surface area contributed by atoms with Crippen molar-refractivity contribution in [1.82, 2.24) is 4.90 Å². The van der Waals surface area contributed by atoms with Crippen LogP contribution in [-0.4, -0.2) is 25.0 Å². The van der Waals surface area contributed by atoms with E-state index in [1.165, 1.54) is 25.9 Å². The first-order valence-corrected chi connectivity index (χ1v) is 5.37. The highest BCUT2D eigenvalue weighted by molar-refractivity contribution is 6.29. The average molecular weight is 198 g/mol. The molecule has 0 spiro atoms. The van der Waals surface area contributed by atoms with Gasteiger partial charge < -0.3 is 4.90 Å². The van der Waals surface area contributed by atoms with E-state index in [2.05, 4.69) is 24.1 Å². The highest BCUT2D eigenvalue weighted by Crippen LogP contribution is 2.30. The number of nitrogens with zero attached hydrogens (tertiary/aromatic N) is 1. The first-order chi connectivity index (χ1) is 6.25. The van der Waals surface area contributed by atoms with Crippen molar-refractivity contribution in [3.05, 3.63) is 22.8 Å². The third-order valence-corrected chi connectivity index (χ3v) is 3.36. The van der Waals surface area contributed by atoms with Gasteiger partial charge >= 0.3 is 0 Å². The van der Waals surface area contributed by atoms with Crippen molar-refractivity contribution in [3.63, 3.8) is 0 Å². The average Bonchev–Trinajstić information content (AvgIpc) is 2.53. The third kappa shape index (κ3) is 2.15. The second kappa shape index (κ2) is 3.85. The van der Waals surface area contributed by atoms with Crippen molar-refractivity contribution in [1.29, 1.82) is 0 Å². The van der Waals surface area contributed by atoms with Gasteiger partial charge in [0.25, 0.3) is 0 Å². The fourth-order valence-corrected chi connectivity index (χ4v) is 2.36. The Hall–Kier alpha value is -0.270. The van der Waals surface area contributed by atoms with E-state index in [4.69, 9.17) is 11.6 Å². The van der Waals surface area contributed by atoms with Crippen molar-refractivity contribution >= 4 is 11.6 Å². The molecule has 72 valence electrons. The minimum atomic E-state index is 0.797. The van der Waals surface area contributed by atoms with Crippen molar-refractivity contribution in [2.75, 3.05) is 20.1 Å². The van der Waals surface area contributed by atoms with E-state index in [0.717, 1.165) is 17.4 Å². The summed E-state index contributed by atoms with van der Waals surface area (Å²) in [6, 6.07) is 0. The molecule has 0 aromatic heterocycles. The van der Waals surface area contributed by atoms with Crippen molar-refractivity contribution in [2.45, 2.75) is 19.3 Å². The number of rotatable bonds is 1. The highest BCUT2D eigenvalue weighted by Gasteiger charge is 2.23. The van der Waals surface area contributed by atoms with E-state index in [0.29, 0.717) is 0 Å². The Labute approximate surface area is 85.1 Å². The van der Waals surface area contributed by atoms with Crippen molar-refractivity contribution in [3.8, 4) is 0 Å². The topological polar surface area (TPSA) is 3.24 Å². The summed E-state index contributed by atoms with van der Waals surface area (Å²) >= 11 is 5.92. The van der Waals surface area contributed by atoms with E-state index in [1.54, 1.807) is 5.57 Å². The summed E-state index contributed by atoms with van der Waals surface area (Å²) in [7, 11) is 2.20. The Kier molecular flexibility index (Phi) is 2.75. The van der Waals surface area contributed by atoms with Gasteiger partial charge in [-0.05, 0) is 44.8 Å². The Morgan fingerprint density at radius 2 is 2.23 bits per heavy atom. The van der Waals surface area contributed by atoms with Gasteiger partial charge in [0.1, 0.15) is 0 Å². The Bertz CT molecular complexity index is 255. The molecule has 0 aromatic rings. The minimum Gasteiger partial charge on any atom is -0.306 e. The molecule has 1 heterocycles. The van der Waals surface area contributed by atoms with E-state index in [9.17, 15) is 0 Å². The van der Waals surface area contributed by atoms with Gasteiger partial charge in [0.15, 0.2) is 0 Å². The highest BCUT2D eigenvalue weighted by atomic mass is 35.5. The minimum absolute atomic E-state index is 0.797. The van der Waals surface area contributed by atoms with Crippen LogP contribution >= 0.6 is 11.6 Å². The monoisotopic (exact) mass is 197 g/mol. The lowest BCUT2D eigenvalue weighted by atomic mass is 9.91. The van der Waals surface area contributed by atoms with Gasteiger partial charge in [-0.1, -0.05) is 23.3 Å². The van der Waals surface area contributed by atoms with Crippen LogP contribution in [0.2, 0.25) is 0 Å². The molecule has 0 aromatic carbocycles. The molecule has 0 saturated carbocycles. The molecule has 1 atom stereocenters. The van der Waals surface area contributed by atoms with Crippen LogP contribution < -0.4 is 0 Å². The van der Waals surface area contributed by atoms with Crippen LogP contribution in [0.4, 0.5) is 0 Å². The number of likely N-dealkylation sites (tertiary alicyclic amines) is 1. The molecular formula is C11H16ClN. The molecule has 1 aliphatic heterocycles. The molecule has 1 nitrogen and oxygen atoms in total. The molecule has 0 unspecified atom stereocenters. The van der Waals surface area contributed by atoms with Gasteiger partial charge in [0, 0.05) is 11.6 Å². The zero-order valence-electron chi connectivity index (χ0n) is 8.09. The third-order valence-electron chi connectivity index (χ3n) is 3.05. The second-order valence-corrected chi connectivity index (χ2v) is 4.59. The van der Waals surface area contributed by atoms with Crippen LogP contribution in [0.3, 0.4) is 0 Å². The quantitative estimate of drug-likeness (QED) is 0.625. The van der Waals surface area contributed by atoms with Crippen molar-refractivity contribution in [2.24, 2.45) is 5.92 Å². The molecule has 2 rings (SSSR count). The first kappa shape index (κ1) is 9.29. The van der Waals surface area contributed by atoms with Gasteiger partial charge in [-0.15, -0.1) is 0 Å². The number of hydrogen-bond acceptors (Lipinski definition) is 1. The fourth-order valence-electron chi connectivity index (χ4n) is 2.21. The second-order valence-electron chi connectivity index (χ2n) is 4.10. The summed E-state index contributed by atoms with van der Waals surface area (Å²) in [5.41, 5.74) is 1.61. The lowest BCUT2D eigenvalue weighted by molar-refractivity contribution is 0.403. The zero-order valence-corrected chi connectivity index (χ0v) is 8.85. The maximum atomic E-state index is 5.92. The predicted octanol–water partition coefficient (Wildman–Crippen LogP) is 2.78. The van der Waals surface area contributed by atoms with Crippen LogP contribution in [0.1, 0.15) is 19.3 Å². The largest absolute Gasteiger partial charge is 0.306 e. The SMILES string of the molecule is CN1CC[C@@H](C2=CC=C(Cl)CC2)C1. The number of halogens is 1.